The molecule has 0 spiro atoms. The quantitative estimate of drug-likeness (QED) is 0.0682. The molecule has 0 fully saturated rings. The van der Waals surface area contributed by atoms with Crippen molar-refractivity contribution in [2.75, 3.05) is 10.2 Å². The second kappa shape index (κ2) is 23.3. The Hall–Kier alpha value is -1.05. The zero-order valence-electron chi connectivity index (χ0n) is 28.0. The van der Waals surface area contributed by atoms with Gasteiger partial charge >= 0.3 is 29.6 Å². The molecule has 1 heterocycles. The van der Waals surface area contributed by atoms with E-state index in [1.807, 2.05) is 18.2 Å². The molecule has 1 unspecified atom stereocenters. The first-order valence-electron chi connectivity index (χ1n) is 17.7. The minimum atomic E-state index is -4.49. The number of hydrogen-bond donors (Lipinski definition) is 1. The smallest absolute Gasteiger partial charge is 0.744 e. The van der Waals surface area contributed by atoms with Gasteiger partial charge < -0.3 is 14.8 Å². The molecule has 242 valence electrons. The summed E-state index contributed by atoms with van der Waals surface area (Å²) in [5.41, 5.74) is 2.86. The summed E-state index contributed by atoms with van der Waals surface area (Å²) in [7, 11) is -4.49. The molecule has 0 saturated heterocycles. The molecule has 0 aliphatic carbocycles. The first kappa shape index (κ1) is 39.1. The van der Waals surface area contributed by atoms with Crippen molar-refractivity contribution in [2.45, 2.75) is 166 Å². The van der Waals surface area contributed by atoms with E-state index in [1.54, 1.807) is 6.07 Å². The summed E-state index contributed by atoms with van der Waals surface area (Å²) in [5.74, 6) is 0. The molecule has 0 saturated carbocycles. The molecule has 1 aliphatic heterocycles. The summed E-state index contributed by atoms with van der Waals surface area (Å²) in [5, 5.41) is 3.57. The molecule has 2 aromatic carbocycles. The molecule has 2 aromatic rings. The van der Waals surface area contributed by atoms with Crippen molar-refractivity contribution < 1.29 is 42.5 Å². The van der Waals surface area contributed by atoms with Crippen LogP contribution in [0.4, 0.5) is 11.4 Å². The van der Waals surface area contributed by atoms with Crippen molar-refractivity contribution in [3.05, 3.63) is 54.1 Å². The first-order valence-corrected chi connectivity index (χ1v) is 19.1. The number of rotatable bonds is 25. The maximum Gasteiger partial charge on any atom is 1.00 e. The third-order valence-electron chi connectivity index (χ3n) is 9.04. The van der Waals surface area contributed by atoms with E-state index in [0.717, 1.165) is 29.8 Å². The third-order valence-corrected chi connectivity index (χ3v) is 9.87. The minimum absolute atomic E-state index is 0. The van der Waals surface area contributed by atoms with Crippen molar-refractivity contribution >= 4 is 21.5 Å². The van der Waals surface area contributed by atoms with Gasteiger partial charge in [-0.1, -0.05) is 166 Å². The minimum Gasteiger partial charge on any atom is -0.744 e. The summed E-state index contributed by atoms with van der Waals surface area (Å²) in [6, 6.07) is 14.9. The summed E-state index contributed by atoms with van der Waals surface area (Å²) in [6.07, 6.45) is 30.1. The Morgan fingerprint density at radius 1 is 0.659 bits per heavy atom. The summed E-state index contributed by atoms with van der Waals surface area (Å²) < 4.78 is 35.0. The van der Waals surface area contributed by atoms with Crippen LogP contribution in [0.1, 0.15) is 154 Å². The Morgan fingerprint density at radius 3 is 1.57 bits per heavy atom. The third kappa shape index (κ3) is 15.5. The Labute approximate surface area is 292 Å². The zero-order chi connectivity index (χ0) is 30.6. The number of benzene rings is 2. The molecule has 0 aromatic heterocycles. The summed E-state index contributed by atoms with van der Waals surface area (Å²) in [4.78, 5) is 2.05. The molecule has 44 heavy (non-hydrogen) atoms. The van der Waals surface area contributed by atoms with Crippen LogP contribution in [-0.4, -0.2) is 19.1 Å². The van der Waals surface area contributed by atoms with Crippen LogP contribution in [0.25, 0.3) is 0 Å². The van der Waals surface area contributed by atoms with Crippen LogP contribution in [0, 0.1) is 0 Å². The molecule has 3 rings (SSSR count). The van der Waals surface area contributed by atoms with Gasteiger partial charge in [0.25, 0.3) is 0 Å². The molecule has 1 N–H and O–H groups in total. The van der Waals surface area contributed by atoms with Crippen LogP contribution in [0.15, 0.2) is 53.4 Å². The monoisotopic (exact) mass is 634 g/mol. The van der Waals surface area contributed by atoms with Gasteiger partial charge in [-0.2, -0.15) is 0 Å². The number of unbranched alkanes of at least 4 members (excludes halogenated alkanes) is 20. The molecular formula is C37H59N2NaO3S. The summed E-state index contributed by atoms with van der Waals surface area (Å²) >= 11 is 0. The van der Waals surface area contributed by atoms with Crippen molar-refractivity contribution in [1.82, 2.24) is 0 Å². The Kier molecular flexibility index (Phi) is 20.7. The van der Waals surface area contributed by atoms with Crippen LogP contribution in [0.3, 0.4) is 0 Å². The zero-order valence-corrected chi connectivity index (χ0v) is 30.9. The van der Waals surface area contributed by atoms with Crippen molar-refractivity contribution in [3.8, 4) is 0 Å². The molecule has 1 atom stereocenters. The van der Waals surface area contributed by atoms with Gasteiger partial charge in [-0.15, -0.1) is 0 Å². The van der Waals surface area contributed by atoms with E-state index < -0.39 is 10.1 Å². The second-order valence-corrected chi connectivity index (χ2v) is 14.1. The van der Waals surface area contributed by atoms with Gasteiger partial charge in [-0.25, -0.2) is 8.42 Å². The maximum atomic E-state index is 11.7. The predicted octanol–water partition coefficient (Wildman–Crippen LogP) is 7.96. The van der Waals surface area contributed by atoms with E-state index in [1.165, 1.54) is 141 Å². The van der Waals surface area contributed by atoms with E-state index in [0.29, 0.717) is 6.54 Å². The van der Waals surface area contributed by atoms with Gasteiger partial charge in [0.05, 0.1) is 22.4 Å². The topological polar surface area (TPSA) is 72.5 Å². The molecule has 0 amide bonds. The van der Waals surface area contributed by atoms with Crippen molar-refractivity contribution in [3.63, 3.8) is 0 Å². The molecule has 0 radical (unpaired) electrons. The van der Waals surface area contributed by atoms with Gasteiger partial charge in [-0.05, 0) is 36.6 Å². The molecule has 5 nitrogen and oxygen atoms in total. The number of hydrogen-bond acceptors (Lipinski definition) is 5. The van der Waals surface area contributed by atoms with E-state index in [9.17, 15) is 13.0 Å². The maximum absolute atomic E-state index is 11.7. The largest absolute Gasteiger partial charge is 1.00 e. The summed E-state index contributed by atoms with van der Waals surface area (Å²) in [6.45, 7) is 2.96. The van der Waals surface area contributed by atoms with Crippen molar-refractivity contribution in [2.24, 2.45) is 0 Å². The number of nitrogens with zero attached hydrogens (tertiary/aromatic N) is 1. The van der Waals surface area contributed by atoms with Crippen LogP contribution in [0.2, 0.25) is 0 Å². The van der Waals surface area contributed by atoms with Gasteiger partial charge in [0, 0.05) is 6.54 Å². The molecule has 7 heteroatoms. The molecule has 1 aliphatic rings. The Morgan fingerprint density at radius 2 is 1.11 bits per heavy atom. The van der Waals surface area contributed by atoms with Crippen LogP contribution in [0.5, 0.6) is 0 Å². The fourth-order valence-electron chi connectivity index (χ4n) is 6.43. The first-order chi connectivity index (χ1) is 21.0. The fourth-order valence-corrected chi connectivity index (χ4v) is 6.92. The van der Waals surface area contributed by atoms with E-state index in [2.05, 4.69) is 29.3 Å². The van der Waals surface area contributed by atoms with Crippen LogP contribution < -0.4 is 39.8 Å². The Bertz CT molecular complexity index is 1110. The van der Waals surface area contributed by atoms with Gasteiger partial charge in [0.15, 0.2) is 0 Å². The average molecular weight is 635 g/mol. The number of anilines is 2. The Balaban J connectivity index is 0.00000675. The van der Waals surface area contributed by atoms with E-state index >= 15 is 0 Å². The number of fused-ring (bicyclic) bond motifs is 1. The van der Waals surface area contributed by atoms with Gasteiger partial charge in [0.1, 0.15) is 10.1 Å². The van der Waals surface area contributed by atoms with E-state index in [4.69, 9.17) is 0 Å². The van der Waals surface area contributed by atoms with E-state index in [-0.39, 0.29) is 40.6 Å². The molecular weight excluding hydrogens is 575 g/mol. The van der Waals surface area contributed by atoms with Crippen molar-refractivity contribution in [1.29, 1.82) is 0 Å². The normalized spacial score (nSPS) is 14.3. The van der Waals surface area contributed by atoms with Gasteiger partial charge in [0.2, 0.25) is 0 Å². The van der Waals surface area contributed by atoms with Gasteiger partial charge in [-0.3, -0.25) is 0 Å². The number of nitrogens with one attached hydrogen (secondary N) is 1. The average Bonchev–Trinajstić information content (AvgIpc) is 3.34. The molecule has 0 bridgehead atoms. The standard InChI is InChI=1S/C37H60N2O3S.Na/c1-2-3-4-5-6-7-8-9-10-11-12-13-14-15-16-17-18-19-20-21-25-28-37-38-35-30-29-34(43(40,41)42)31-36(35)39(37)32-33-26-23-22-24-27-33;/h22-24,26-27,29-31,37-38H,2-21,25,28,32H2,1H3,(H,40,41,42);/q;+1/p-1. The van der Waals surface area contributed by atoms with Crippen LogP contribution >= 0.6 is 0 Å². The fraction of sp³-hybridized carbons (Fsp3) is 0.676. The second-order valence-electron chi connectivity index (χ2n) is 12.8. The van der Waals surface area contributed by atoms with Crippen LogP contribution in [-0.2, 0) is 16.7 Å². The predicted molar refractivity (Wildman–Crippen MR) is 182 cm³/mol. The SMILES string of the molecule is CCCCCCCCCCCCCCCCCCCCCCCC1Nc2ccc(S(=O)(=O)[O-])cc2N1Cc1ccccc1.[Na+].